The highest BCUT2D eigenvalue weighted by molar-refractivity contribution is 6.36. The van der Waals surface area contributed by atoms with Crippen LogP contribution in [0.4, 0.5) is 5.82 Å². The second-order valence-electron chi connectivity index (χ2n) is 5.89. The number of hydrazone groups is 1. The average molecular weight is 415 g/mol. The Morgan fingerprint density at radius 2 is 2.11 bits per heavy atom. The molecule has 0 spiro atoms. The Morgan fingerprint density at radius 1 is 1.29 bits per heavy atom. The SMILES string of the molecule is COCc1cc(C)nc(NN=Cc2ccc(-c3ccc(Cl)cc3Cl)o2)c1C#N. The van der Waals surface area contributed by atoms with E-state index in [1.54, 1.807) is 37.4 Å². The van der Waals surface area contributed by atoms with Gasteiger partial charge in [0.2, 0.25) is 0 Å². The molecular formula is C20H16Cl2N4O2. The van der Waals surface area contributed by atoms with E-state index < -0.39 is 0 Å². The number of rotatable bonds is 6. The maximum atomic E-state index is 9.43. The van der Waals surface area contributed by atoms with E-state index in [9.17, 15) is 5.26 Å². The highest BCUT2D eigenvalue weighted by Gasteiger charge is 2.11. The summed E-state index contributed by atoms with van der Waals surface area (Å²) in [6.07, 6.45) is 1.49. The van der Waals surface area contributed by atoms with E-state index in [0.717, 1.165) is 16.8 Å². The van der Waals surface area contributed by atoms with E-state index in [1.807, 2.05) is 13.0 Å². The molecule has 0 aliphatic carbocycles. The smallest absolute Gasteiger partial charge is 0.164 e. The van der Waals surface area contributed by atoms with Crippen molar-refractivity contribution in [3.05, 3.63) is 69.0 Å². The standard InChI is InChI=1S/C20H16Cl2N4O2/c1-12-7-13(11-27-2)17(9-23)20(25-12)26-24-10-15-4-6-19(28-15)16-5-3-14(21)8-18(16)22/h3-8,10H,11H2,1-2H3,(H,25,26). The number of nitriles is 1. The molecule has 0 bridgehead atoms. The first-order valence-corrected chi connectivity index (χ1v) is 9.01. The van der Waals surface area contributed by atoms with Crippen molar-refractivity contribution in [2.75, 3.05) is 12.5 Å². The van der Waals surface area contributed by atoms with Crippen molar-refractivity contribution in [3.8, 4) is 17.4 Å². The van der Waals surface area contributed by atoms with E-state index in [4.69, 9.17) is 32.4 Å². The Bertz CT molecular complexity index is 1070. The molecule has 6 nitrogen and oxygen atoms in total. The maximum absolute atomic E-state index is 9.43. The molecule has 3 aromatic rings. The van der Waals surface area contributed by atoms with E-state index in [1.165, 1.54) is 6.21 Å². The lowest BCUT2D eigenvalue weighted by Crippen LogP contribution is -2.03. The summed E-state index contributed by atoms with van der Waals surface area (Å²) in [6, 6.07) is 12.7. The quantitative estimate of drug-likeness (QED) is 0.429. The van der Waals surface area contributed by atoms with Crippen LogP contribution in [0.2, 0.25) is 10.0 Å². The van der Waals surface area contributed by atoms with Gasteiger partial charge in [0.15, 0.2) is 5.82 Å². The predicted molar refractivity (Wildman–Crippen MR) is 110 cm³/mol. The van der Waals surface area contributed by atoms with Gasteiger partial charge >= 0.3 is 0 Å². The number of nitrogens with zero attached hydrogens (tertiary/aromatic N) is 3. The zero-order valence-corrected chi connectivity index (χ0v) is 16.7. The average Bonchev–Trinajstić information content (AvgIpc) is 3.10. The molecule has 1 aromatic carbocycles. The molecule has 28 heavy (non-hydrogen) atoms. The normalized spacial score (nSPS) is 11.0. The van der Waals surface area contributed by atoms with Crippen molar-refractivity contribution < 1.29 is 9.15 Å². The monoisotopic (exact) mass is 414 g/mol. The summed E-state index contributed by atoms with van der Waals surface area (Å²) in [5.41, 5.74) is 5.41. The van der Waals surface area contributed by atoms with E-state index >= 15 is 0 Å². The fourth-order valence-corrected chi connectivity index (χ4v) is 3.13. The van der Waals surface area contributed by atoms with Crippen LogP contribution in [-0.2, 0) is 11.3 Å². The van der Waals surface area contributed by atoms with Crippen molar-refractivity contribution in [3.63, 3.8) is 0 Å². The third kappa shape index (κ3) is 4.52. The maximum Gasteiger partial charge on any atom is 0.164 e. The van der Waals surface area contributed by atoms with Crippen LogP contribution in [0.3, 0.4) is 0 Å². The minimum atomic E-state index is 0.314. The number of nitrogens with one attached hydrogen (secondary N) is 1. The van der Waals surface area contributed by atoms with Gasteiger partial charge in [0, 0.05) is 29.0 Å². The lowest BCUT2D eigenvalue weighted by atomic mass is 10.1. The second kappa shape index (κ2) is 8.89. The Morgan fingerprint density at radius 3 is 2.82 bits per heavy atom. The molecule has 0 saturated heterocycles. The van der Waals surface area contributed by atoms with Gasteiger partial charge in [0.1, 0.15) is 23.2 Å². The van der Waals surface area contributed by atoms with Crippen LogP contribution in [0.25, 0.3) is 11.3 Å². The molecule has 2 heterocycles. The fourth-order valence-electron chi connectivity index (χ4n) is 2.63. The third-order valence-electron chi connectivity index (χ3n) is 3.83. The number of anilines is 1. The molecule has 0 aliphatic rings. The van der Waals surface area contributed by atoms with Gasteiger partial charge in [-0.25, -0.2) is 4.98 Å². The van der Waals surface area contributed by atoms with Gasteiger partial charge in [0.05, 0.1) is 17.8 Å². The molecule has 0 saturated carbocycles. The largest absolute Gasteiger partial charge is 0.455 e. The van der Waals surface area contributed by atoms with Crippen LogP contribution >= 0.6 is 23.2 Å². The van der Waals surface area contributed by atoms with Gasteiger partial charge in [-0.15, -0.1) is 0 Å². The summed E-state index contributed by atoms with van der Waals surface area (Å²) in [5, 5.41) is 14.6. The third-order valence-corrected chi connectivity index (χ3v) is 4.37. The van der Waals surface area contributed by atoms with Gasteiger partial charge < -0.3 is 9.15 Å². The molecule has 0 radical (unpaired) electrons. The number of aromatic nitrogens is 1. The highest BCUT2D eigenvalue weighted by Crippen LogP contribution is 2.31. The zero-order chi connectivity index (χ0) is 20.1. The van der Waals surface area contributed by atoms with Crippen LogP contribution in [0.5, 0.6) is 0 Å². The second-order valence-corrected chi connectivity index (χ2v) is 6.73. The van der Waals surface area contributed by atoms with Gasteiger partial charge in [-0.1, -0.05) is 23.2 Å². The minimum absolute atomic E-state index is 0.314. The summed E-state index contributed by atoms with van der Waals surface area (Å²) >= 11 is 12.1. The van der Waals surface area contributed by atoms with Crippen LogP contribution < -0.4 is 5.43 Å². The van der Waals surface area contributed by atoms with Gasteiger partial charge in [0.25, 0.3) is 0 Å². The number of pyridine rings is 1. The molecule has 0 unspecified atom stereocenters. The fraction of sp³-hybridized carbons (Fsp3) is 0.150. The first-order chi connectivity index (χ1) is 13.5. The highest BCUT2D eigenvalue weighted by atomic mass is 35.5. The summed E-state index contributed by atoms with van der Waals surface area (Å²) in [6.45, 7) is 2.15. The van der Waals surface area contributed by atoms with Crippen molar-refractivity contribution in [1.29, 1.82) is 5.26 Å². The van der Waals surface area contributed by atoms with Crippen molar-refractivity contribution in [1.82, 2.24) is 4.98 Å². The summed E-state index contributed by atoms with van der Waals surface area (Å²) in [7, 11) is 1.57. The zero-order valence-electron chi connectivity index (χ0n) is 15.2. The summed E-state index contributed by atoms with van der Waals surface area (Å²) in [5.74, 6) is 1.46. The number of ether oxygens (including phenoxy) is 1. The van der Waals surface area contributed by atoms with E-state index in [-0.39, 0.29) is 0 Å². The predicted octanol–water partition coefficient (Wildman–Crippen LogP) is 5.42. The number of hydrogen-bond donors (Lipinski definition) is 1. The van der Waals surface area contributed by atoms with E-state index in [0.29, 0.717) is 39.6 Å². The van der Waals surface area contributed by atoms with Crippen LogP contribution in [-0.4, -0.2) is 18.3 Å². The number of hydrogen-bond acceptors (Lipinski definition) is 6. The number of benzene rings is 1. The molecule has 2 aromatic heterocycles. The first-order valence-electron chi connectivity index (χ1n) is 8.25. The van der Waals surface area contributed by atoms with Crippen LogP contribution in [0.1, 0.15) is 22.6 Å². The van der Waals surface area contributed by atoms with Crippen molar-refractivity contribution >= 4 is 35.2 Å². The molecule has 0 aliphatic heterocycles. The van der Waals surface area contributed by atoms with Gasteiger partial charge in [-0.05, 0) is 43.3 Å². The number of methoxy groups -OCH3 is 1. The van der Waals surface area contributed by atoms with E-state index in [2.05, 4.69) is 21.6 Å². The van der Waals surface area contributed by atoms with Crippen LogP contribution in [0, 0.1) is 18.3 Å². The number of aryl methyl sites for hydroxylation is 1. The molecule has 0 fully saturated rings. The molecule has 8 heteroatoms. The van der Waals surface area contributed by atoms with Crippen molar-refractivity contribution in [2.24, 2.45) is 5.10 Å². The molecular weight excluding hydrogens is 399 g/mol. The van der Waals surface area contributed by atoms with Crippen molar-refractivity contribution in [2.45, 2.75) is 13.5 Å². The number of halogens is 2. The topological polar surface area (TPSA) is 83.4 Å². The summed E-state index contributed by atoms with van der Waals surface area (Å²) in [4.78, 5) is 4.33. The number of furan rings is 1. The molecule has 1 N–H and O–H groups in total. The minimum Gasteiger partial charge on any atom is -0.455 e. The lowest BCUT2D eigenvalue weighted by Gasteiger charge is -2.08. The Kier molecular flexibility index (Phi) is 6.32. The van der Waals surface area contributed by atoms with Crippen LogP contribution in [0.15, 0.2) is 45.9 Å². The van der Waals surface area contributed by atoms with Gasteiger partial charge in [-0.3, -0.25) is 5.43 Å². The van der Waals surface area contributed by atoms with Gasteiger partial charge in [-0.2, -0.15) is 10.4 Å². The summed E-state index contributed by atoms with van der Waals surface area (Å²) < 4.78 is 10.9. The molecule has 142 valence electrons. The lowest BCUT2D eigenvalue weighted by molar-refractivity contribution is 0.184. The Balaban J connectivity index is 1.79. The molecule has 3 rings (SSSR count). The Hall–Kier alpha value is -2.85. The molecule has 0 atom stereocenters. The Labute approximate surface area is 172 Å². The molecule has 0 amide bonds. The first kappa shape index (κ1) is 19.9.